The van der Waals surface area contributed by atoms with Crippen LogP contribution < -0.4 is 5.32 Å². The van der Waals surface area contributed by atoms with Gasteiger partial charge in [-0.05, 0) is 32.4 Å². The van der Waals surface area contributed by atoms with Crippen LogP contribution in [0.5, 0.6) is 0 Å². The van der Waals surface area contributed by atoms with Crippen LogP contribution in [0.4, 0.5) is 0 Å². The number of hydrogen-bond donors (Lipinski definition) is 1. The highest BCUT2D eigenvalue weighted by molar-refractivity contribution is 5.86. The molecule has 2 fully saturated rings. The number of piperidine rings is 1. The molecule has 27 heavy (non-hydrogen) atoms. The number of hydrogen-bond acceptors (Lipinski definition) is 4. The summed E-state index contributed by atoms with van der Waals surface area (Å²) >= 11 is 0. The van der Waals surface area contributed by atoms with Crippen molar-refractivity contribution in [3.63, 3.8) is 0 Å². The Balaban J connectivity index is -0.000000577. The van der Waals surface area contributed by atoms with E-state index >= 15 is 0 Å². The van der Waals surface area contributed by atoms with Crippen LogP contribution in [0.15, 0.2) is 30.3 Å². The van der Waals surface area contributed by atoms with Crippen molar-refractivity contribution in [2.45, 2.75) is 32.9 Å². The smallest absolute Gasteiger partial charge is 0.0593 e. The predicted octanol–water partition coefficient (Wildman–Crippen LogP) is 4.23. The summed E-state index contributed by atoms with van der Waals surface area (Å²) in [4.78, 5) is 2.62. The van der Waals surface area contributed by atoms with E-state index in [0.717, 1.165) is 52.6 Å². The van der Waals surface area contributed by atoms with Gasteiger partial charge in [0.2, 0.25) is 0 Å². The molecule has 3 rings (SSSR count). The second-order valence-electron chi connectivity index (χ2n) is 6.13. The Kier molecular flexibility index (Phi) is 23.1. The van der Waals surface area contributed by atoms with Crippen LogP contribution in [0.3, 0.4) is 0 Å². The van der Waals surface area contributed by atoms with Crippen molar-refractivity contribution in [2.75, 3.05) is 46.1 Å². The SMILES string of the molecule is CCOCC.Cl.Cl.Cl.Cl.c1ccc(CN2CCOCC3CNCCC32)cc1. The van der Waals surface area contributed by atoms with Crippen LogP contribution in [-0.2, 0) is 16.0 Å². The molecule has 1 N–H and O–H groups in total. The van der Waals surface area contributed by atoms with Gasteiger partial charge in [-0.15, -0.1) is 49.6 Å². The summed E-state index contributed by atoms with van der Waals surface area (Å²) in [5.74, 6) is 0.657. The molecular weight excluding hydrogens is 430 g/mol. The molecule has 162 valence electrons. The third-order valence-corrected chi connectivity index (χ3v) is 4.53. The summed E-state index contributed by atoms with van der Waals surface area (Å²) in [5, 5.41) is 3.49. The molecule has 0 saturated carbocycles. The second kappa shape index (κ2) is 19.5. The van der Waals surface area contributed by atoms with Gasteiger partial charge in [-0.25, -0.2) is 0 Å². The molecule has 2 saturated heterocycles. The Morgan fingerprint density at radius 2 is 1.74 bits per heavy atom. The third kappa shape index (κ3) is 11.7. The lowest BCUT2D eigenvalue weighted by atomic mass is 9.92. The lowest BCUT2D eigenvalue weighted by Crippen LogP contribution is -2.49. The lowest BCUT2D eigenvalue weighted by Gasteiger charge is -2.37. The molecule has 2 aliphatic heterocycles. The predicted molar refractivity (Wildman–Crippen MR) is 124 cm³/mol. The molecule has 1 aromatic rings. The summed E-state index contributed by atoms with van der Waals surface area (Å²) in [7, 11) is 0. The molecule has 0 aromatic heterocycles. The zero-order valence-corrected chi connectivity index (χ0v) is 19.6. The Bertz CT molecular complexity index is 427. The number of nitrogens with zero attached hydrogens (tertiary/aromatic N) is 1. The summed E-state index contributed by atoms with van der Waals surface area (Å²) in [6, 6.07) is 11.5. The molecule has 0 aliphatic carbocycles. The standard InChI is InChI=1S/C15H22N2O.C4H10O.4ClH/c1-2-4-13(5-3-1)11-17-8-9-18-12-14-10-16-7-6-15(14)17;1-3-5-4-2;;;;/h1-5,14-16H,6-12H2;3-4H2,1-2H3;4*1H. The largest absolute Gasteiger partial charge is 0.382 e. The average Bonchev–Trinajstić information content (AvgIpc) is 2.80. The molecule has 2 unspecified atom stereocenters. The van der Waals surface area contributed by atoms with E-state index in [9.17, 15) is 0 Å². The van der Waals surface area contributed by atoms with Crippen LogP contribution in [0.25, 0.3) is 0 Å². The fourth-order valence-corrected chi connectivity index (χ4v) is 3.36. The fourth-order valence-electron chi connectivity index (χ4n) is 3.36. The second-order valence-corrected chi connectivity index (χ2v) is 6.13. The molecule has 0 spiro atoms. The number of rotatable bonds is 4. The van der Waals surface area contributed by atoms with Gasteiger partial charge >= 0.3 is 0 Å². The van der Waals surface area contributed by atoms with E-state index < -0.39 is 0 Å². The van der Waals surface area contributed by atoms with Gasteiger partial charge in [0.05, 0.1) is 13.2 Å². The third-order valence-electron chi connectivity index (χ3n) is 4.53. The van der Waals surface area contributed by atoms with E-state index in [4.69, 9.17) is 9.47 Å². The Hall–Kier alpha value is 0.220. The lowest BCUT2D eigenvalue weighted by molar-refractivity contribution is 0.101. The van der Waals surface area contributed by atoms with Crippen molar-refractivity contribution < 1.29 is 9.47 Å². The molecule has 1 aromatic carbocycles. The zero-order chi connectivity index (χ0) is 16.3. The van der Waals surface area contributed by atoms with Gasteiger partial charge in [0.1, 0.15) is 0 Å². The Morgan fingerprint density at radius 1 is 1.07 bits per heavy atom. The number of halogens is 4. The molecular formula is C19H36Cl4N2O2. The first-order chi connectivity index (χ1) is 11.3. The molecule has 0 radical (unpaired) electrons. The minimum Gasteiger partial charge on any atom is -0.382 e. The molecule has 0 bridgehead atoms. The van der Waals surface area contributed by atoms with Gasteiger partial charge < -0.3 is 14.8 Å². The first-order valence-corrected chi connectivity index (χ1v) is 8.99. The Labute approximate surface area is 189 Å². The van der Waals surface area contributed by atoms with Gasteiger partial charge in [-0.3, -0.25) is 4.90 Å². The normalized spacial score (nSPS) is 21.3. The summed E-state index contributed by atoms with van der Waals surface area (Å²) in [5.41, 5.74) is 1.41. The van der Waals surface area contributed by atoms with Gasteiger partial charge in [0, 0.05) is 44.8 Å². The van der Waals surface area contributed by atoms with Crippen LogP contribution in [0, 0.1) is 5.92 Å². The first kappa shape index (κ1) is 31.9. The average molecular weight is 466 g/mol. The maximum absolute atomic E-state index is 5.75. The Morgan fingerprint density at radius 3 is 2.33 bits per heavy atom. The van der Waals surface area contributed by atoms with Crippen molar-refractivity contribution >= 4 is 49.6 Å². The van der Waals surface area contributed by atoms with Gasteiger partial charge in [-0.2, -0.15) is 0 Å². The van der Waals surface area contributed by atoms with Crippen LogP contribution >= 0.6 is 49.6 Å². The highest BCUT2D eigenvalue weighted by atomic mass is 35.5. The molecule has 4 nitrogen and oxygen atoms in total. The molecule has 2 heterocycles. The molecule has 2 atom stereocenters. The number of ether oxygens (including phenoxy) is 2. The van der Waals surface area contributed by atoms with E-state index in [1.807, 2.05) is 13.8 Å². The van der Waals surface area contributed by atoms with Crippen molar-refractivity contribution in [3.8, 4) is 0 Å². The van der Waals surface area contributed by atoms with Gasteiger partial charge in [-0.1, -0.05) is 30.3 Å². The number of nitrogens with one attached hydrogen (secondary N) is 1. The van der Waals surface area contributed by atoms with Gasteiger partial charge in [0.15, 0.2) is 0 Å². The minimum absolute atomic E-state index is 0. The number of benzene rings is 1. The maximum Gasteiger partial charge on any atom is 0.0593 e. The summed E-state index contributed by atoms with van der Waals surface area (Å²) in [6.45, 7) is 11.8. The van der Waals surface area contributed by atoms with E-state index in [2.05, 4.69) is 40.5 Å². The van der Waals surface area contributed by atoms with E-state index in [1.165, 1.54) is 12.0 Å². The van der Waals surface area contributed by atoms with Crippen molar-refractivity contribution in [1.29, 1.82) is 0 Å². The first-order valence-electron chi connectivity index (χ1n) is 8.99. The van der Waals surface area contributed by atoms with E-state index in [0.29, 0.717) is 12.0 Å². The summed E-state index contributed by atoms with van der Waals surface area (Å²) < 4.78 is 10.6. The fraction of sp³-hybridized carbons (Fsp3) is 0.684. The highest BCUT2D eigenvalue weighted by Gasteiger charge is 2.32. The van der Waals surface area contributed by atoms with Crippen molar-refractivity contribution in [1.82, 2.24) is 10.2 Å². The van der Waals surface area contributed by atoms with E-state index in [1.54, 1.807) is 0 Å². The van der Waals surface area contributed by atoms with Crippen LogP contribution in [-0.4, -0.2) is 57.0 Å². The monoisotopic (exact) mass is 464 g/mol. The van der Waals surface area contributed by atoms with Crippen LogP contribution in [0.2, 0.25) is 0 Å². The molecule has 2 aliphatic rings. The molecule has 0 amide bonds. The van der Waals surface area contributed by atoms with Gasteiger partial charge in [0.25, 0.3) is 0 Å². The van der Waals surface area contributed by atoms with Crippen LogP contribution in [0.1, 0.15) is 25.8 Å². The quantitative estimate of drug-likeness (QED) is 0.721. The zero-order valence-electron chi connectivity index (χ0n) is 16.3. The van der Waals surface area contributed by atoms with Crippen molar-refractivity contribution in [3.05, 3.63) is 35.9 Å². The molecule has 8 heteroatoms. The maximum atomic E-state index is 5.75. The minimum atomic E-state index is 0. The number of fused-ring (bicyclic) bond motifs is 1. The topological polar surface area (TPSA) is 33.7 Å². The van der Waals surface area contributed by atoms with E-state index in [-0.39, 0.29) is 49.6 Å². The van der Waals surface area contributed by atoms with Crippen molar-refractivity contribution in [2.24, 2.45) is 5.92 Å². The summed E-state index contributed by atoms with van der Waals surface area (Å²) in [6.07, 6.45) is 1.25. The highest BCUT2D eigenvalue weighted by Crippen LogP contribution is 2.23.